The molecular weight excluding hydrogens is 178 g/mol. The molecule has 0 radical (unpaired) electrons. The minimum Gasteiger partial charge on any atom is -0.445 e. The molecule has 0 bridgehead atoms. The Morgan fingerprint density at radius 2 is 2.07 bits per heavy atom. The molecule has 1 fully saturated rings. The molecule has 1 saturated heterocycles. The first-order chi connectivity index (χ1) is 6.74. The van der Waals surface area contributed by atoms with Gasteiger partial charge in [-0.15, -0.1) is 0 Å². The third-order valence-electron chi connectivity index (χ3n) is 2.64. The monoisotopic (exact) mass is 195 g/mol. The number of aromatic nitrogens is 1. The minimum atomic E-state index is 0.758. The normalized spacial score (nSPS) is 20.1. The summed E-state index contributed by atoms with van der Waals surface area (Å²) in [7, 11) is 2.16. The Hall–Kier alpha value is -0.870. The van der Waals surface area contributed by atoms with Gasteiger partial charge in [-0.3, -0.25) is 4.90 Å². The fourth-order valence-corrected chi connectivity index (χ4v) is 1.70. The molecule has 0 saturated carbocycles. The lowest BCUT2D eigenvalue weighted by Crippen LogP contribution is -2.43. The highest BCUT2D eigenvalue weighted by molar-refractivity contribution is 4.93. The predicted octanol–water partition coefficient (Wildman–Crippen LogP) is 0.730. The summed E-state index contributed by atoms with van der Waals surface area (Å²) in [6.45, 7) is 7.31. The Balaban J connectivity index is 1.86. The molecule has 1 aromatic heterocycles. The van der Waals surface area contributed by atoms with Crippen LogP contribution in [0, 0.1) is 6.92 Å². The van der Waals surface area contributed by atoms with Gasteiger partial charge in [0.2, 0.25) is 0 Å². The number of hydrogen-bond donors (Lipinski definition) is 0. The molecule has 1 aliphatic heterocycles. The van der Waals surface area contributed by atoms with Crippen molar-refractivity contribution < 1.29 is 4.42 Å². The lowest BCUT2D eigenvalue weighted by molar-refractivity contribution is 0.140. The fraction of sp³-hybridized carbons (Fsp3) is 0.700. The lowest BCUT2D eigenvalue weighted by atomic mass is 10.3. The number of piperazine rings is 1. The van der Waals surface area contributed by atoms with Gasteiger partial charge in [-0.2, -0.15) is 0 Å². The molecule has 4 nitrogen and oxygen atoms in total. The maximum absolute atomic E-state index is 5.45. The smallest absolute Gasteiger partial charge is 0.191 e. The van der Waals surface area contributed by atoms with Crippen LogP contribution in [0.25, 0.3) is 0 Å². The molecule has 0 amide bonds. The number of likely N-dealkylation sites (N-methyl/N-ethyl adjacent to an activating group) is 1. The first kappa shape index (κ1) is 9.68. The van der Waals surface area contributed by atoms with Gasteiger partial charge in [0.15, 0.2) is 5.89 Å². The van der Waals surface area contributed by atoms with Crippen LogP contribution in [0.2, 0.25) is 0 Å². The van der Waals surface area contributed by atoms with Gasteiger partial charge in [-0.1, -0.05) is 0 Å². The van der Waals surface area contributed by atoms with Gasteiger partial charge in [0.25, 0.3) is 0 Å². The molecule has 1 aromatic rings. The second-order valence-corrected chi connectivity index (χ2v) is 3.93. The van der Waals surface area contributed by atoms with Crippen LogP contribution in [0.1, 0.15) is 11.7 Å². The van der Waals surface area contributed by atoms with Crippen LogP contribution in [0.5, 0.6) is 0 Å². The second kappa shape index (κ2) is 4.11. The molecule has 78 valence electrons. The van der Waals surface area contributed by atoms with Crippen molar-refractivity contribution in [3.8, 4) is 0 Å². The Kier molecular flexibility index (Phi) is 2.84. The summed E-state index contributed by atoms with van der Waals surface area (Å²) in [6, 6.07) is 0. The zero-order chi connectivity index (χ0) is 9.97. The average molecular weight is 195 g/mol. The molecule has 14 heavy (non-hydrogen) atoms. The quantitative estimate of drug-likeness (QED) is 0.696. The van der Waals surface area contributed by atoms with E-state index in [-0.39, 0.29) is 0 Å². The number of aryl methyl sites for hydroxylation is 1. The summed E-state index contributed by atoms with van der Waals surface area (Å²) >= 11 is 0. The summed E-state index contributed by atoms with van der Waals surface area (Å²) < 4.78 is 5.45. The predicted molar refractivity (Wildman–Crippen MR) is 54.0 cm³/mol. The molecule has 0 aliphatic carbocycles. The molecule has 0 aromatic carbocycles. The van der Waals surface area contributed by atoms with E-state index >= 15 is 0 Å². The van der Waals surface area contributed by atoms with Crippen molar-refractivity contribution >= 4 is 0 Å². The summed E-state index contributed by atoms with van der Waals surface area (Å²) in [5.74, 6) is 1.74. The zero-order valence-corrected chi connectivity index (χ0v) is 8.86. The third kappa shape index (κ3) is 2.33. The van der Waals surface area contributed by atoms with Crippen molar-refractivity contribution in [1.29, 1.82) is 0 Å². The highest BCUT2D eigenvalue weighted by Gasteiger charge is 2.15. The first-order valence-electron chi connectivity index (χ1n) is 5.06. The van der Waals surface area contributed by atoms with E-state index in [4.69, 9.17) is 4.42 Å². The van der Waals surface area contributed by atoms with E-state index in [2.05, 4.69) is 21.8 Å². The highest BCUT2D eigenvalue weighted by Crippen LogP contribution is 2.08. The number of hydrogen-bond acceptors (Lipinski definition) is 4. The van der Waals surface area contributed by atoms with Crippen molar-refractivity contribution in [1.82, 2.24) is 14.8 Å². The van der Waals surface area contributed by atoms with Crippen LogP contribution in [0.3, 0.4) is 0 Å². The van der Waals surface area contributed by atoms with Crippen LogP contribution < -0.4 is 0 Å². The van der Waals surface area contributed by atoms with Gasteiger partial charge in [0.1, 0.15) is 5.76 Å². The van der Waals surface area contributed by atoms with Crippen LogP contribution >= 0.6 is 0 Å². The number of oxazole rings is 1. The van der Waals surface area contributed by atoms with E-state index in [1.165, 1.54) is 0 Å². The van der Waals surface area contributed by atoms with Crippen molar-refractivity contribution in [3.05, 3.63) is 17.8 Å². The maximum Gasteiger partial charge on any atom is 0.191 e. The molecule has 1 aliphatic rings. The maximum atomic E-state index is 5.45. The molecule has 0 N–H and O–H groups in total. The zero-order valence-electron chi connectivity index (χ0n) is 8.86. The Bertz CT molecular complexity index is 289. The van der Waals surface area contributed by atoms with Crippen molar-refractivity contribution in [2.75, 3.05) is 33.2 Å². The summed E-state index contributed by atoms with van der Waals surface area (Å²) in [6.07, 6.45) is 1.83. The Morgan fingerprint density at radius 1 is 1.36 bits per heavy atom. The van der Waals surface area contributed by atoms with Gasteiger partial charge in [0, 0.05) is 33.1 Å². The molecule has 0 atom stereocenters. The van der Waals surface area contributed by atoms with E-state index in [9.17, 15) is 0 Å². The van der Waals surface area contributed by atoms with E-state index in [1.54, 1.807) is 0 Å². The van der Waals surface area contributed by atoms with Gasteiger partial charge >= 0.3 is 0 Å². The van der Waals surface area contributed by atoms with Crippen LogP contribution in [0.4, 0.5) is 0 Å². The number of rotatable bonds is 2. The van der Waals surface area contributed by atoms with Gasteiger partial charge in [-0.05, 0) is 7.05 Å². The fourth-order valence-electron chi connectivity index (χ4n) is 1.70. The first-order valence-corrected chi connectivity index (χ1v) is 5.06. The van der Waals surface area contributed by atoms with Crippen LogP contribution in [-0.4, -0.2) is 48.0 Å². The topological polar surface area (TPSA) is 32.5 Å². The van der Waals surface area contributed by atoms with Gasteiger partial charge in [-0.25, -0.2) is 4.98 Å². The molecular formula is C10H17N3O. The number of nitrogens with zero attached hydrogens (tertiary/aromatic N) is 3. The second-order valence-electron chi connectivity index (χ2n) is 3.93. The van der Waals surface area contributed by atoms with Crippen molar-refractivity contribution in [2.45, 2.75) is 13.5 Å². The highest BCUT2D eigenvalue weighted by atomic mass is 16.4. The van der Waals surface area contributed by atoms with E-state index in [0.717, 1.165) is 44.4 Å². The van der Waals surface area contributed by atoms with E-state index in [0.29, 0.717) is 0 Å². The molecule has 0 unspecified atom stereocenters. The minimum absolute atomic E-state index is 0.758. The van der Waals surface area contributed by atoms with Gasteiger partial charge in [0.05, 0.1) is 12.7 Å². The van der Waals surface area contributed by atoms with Crippen LogP contribution in [0.15, 0.2) is 10.6 Å². The van der Waals surface area contributed by atoms with Crippen molar-refractivity contribution in [2.24, 2.45) is 0 Å². The molecule has 2 rings (SSSR count). The molecule has 0 spiro atoms. The summed E-state index contributed by atoms with van der Waals surface area (Å²) in [5, 5.41) is 0. The standard InChI is InChI=1S/C10H17N3O/c1-9-11-7-10(14-9)8-13-5-3-12(2)4-6-13/h7H,3-6,8H2,1-2H3. The largest absolute Gasteiger partial charge is 0.445 e. The van der Waals surface area contributed by atoms with E-state index < -0.39 is 0 Å². The SMILES string of the molecule is Cc1ncc(CN2CCN(C)CC2)o1. The summed E-state index contributed by atoms with van der Waals surface area (Å²) in [4.78, 5) is 8.85. The van der Waals surface area contributed by atoms with Gasteiger partial charge < -0.3 is 9.32 Å². The lowest BCUT2D eigenvalue weighted by Gasteiger charge is -2.31. The summed E-state index contributed by atoms with van der Waals surface area (Å²) in [5.41, 5.74) is 0. The van der Waals surface area contributed by atoms with E-state index in [1.807, 2.05) is 13.1 Å². The molecule has 4 heteroatoms. The van der Waals surface area contributed by atoms with Crippen molar-refractivity contribution in [3.63, 3.8) is 0 Å². The van der Waals surface area contributed by atoms with Crippen LogP contribution in [-0.2, 0) is 6.54 Å². The Morgan fingerprint density at radius 3 is 2.64 bits per heavy atom. The average Bonchev–Trinajstić information content (AvgIpc) is 2.56. The Labute approximate surface area is 84.5 Å². The molecule has 2 heterocycles. The third-order valence-corrected chi connectivity index (χ3v) is 2.64.